The number of nitrogens with zero attached hydrogens (tertiary/aromatic N) is 3. The molecule has 0 aliphatic rings. The minimum Gasteiger partial charge on any atom is -0.375 e. The molecule has 0 bridgehead atoms. The molecule has 2 aromatic heterocycles. The molecule has 2 N–H and O–H groups in total. The number of H-pyrrole nitrogens is 1. The van der Waals surface area contributed by atoms with Crippen molar-refractivity contribution >= 4 is 16.6 Å². The second kappa shape index (κ2) is 6.84. The van der Waals surface area contributed by atoms with Gasteiger partial charge in [-0.05, 0) is 42.8 Å². The van der Waals surface area contributed by atoms with Gasteiger partial charge in [-0.3, -0.25) is 9.48 Å². The lowest BCUT2D eigenvalue weighted by atomic mass is 10.1. The van der Waals surface area contributed by atoms with E-state index in [0.717, 1.165) is 11.3 Å². The number of hydrogen-bond donors (Lipinski definition) is 2. The van der Waals surface area contributed by atoms with Crippen LogP contribution in [0.4, 0.5) is 5.69 Å². The van der Waals surface area contributed by atoms with E-state index in [0.29, 0.717) is 23.3 Å². The highest BCUT2D eigenvalue weighted by Gasteiger charge is 2.11. The monoisotopic (exact) mass is 345 g/mol. The zero-order chi connectivity index (χ0) is 17.9. The first-order valence-corrected chi connectivity index (χ1v) is 8.51. The summed E-state index contributed by atoms with van der Waals surface area (Å²) in [6, 6.07) is 17.3. The van der Waals surface area contributed by atoms with Crippen LogP contribution in [0.2, 0.25) is 0 Å². The number of fused-ring (bicyclic) bond motifs is 1. The van der Waals surface area contributed by atoms with Crippen molar-refractivity contribution < 1.29 is 0 Å². The average molecular weight is 345 g/mol. The molecule has 6 heteroatoms. The largest absolute Gasteiger partial charge is 0.375 e. The Morgan fingerprint density at radius 3 is 2.88 bits per heavy atom. The normalized spacial score (nSPS) is 12.2. The first-order valence-electron chi connectivity index (χ1n) is 8.51. The highest BCUT2D eigenvalue weighted by atomic mass is 16.1. The van der Waals surface area contributed by atoms with Gasteiger partial charge in [-0.15, -0.1) is 0 Å². The number of aromatic nitrogens is 4. The summed E-state index contributed by atoms with van der Waals surface area (Å²) in [4.78, 5) is 19.7. The quantitative estimate of drug-likeness (QED) is 0.582. The smallest absolute Gasteiger partial charge is 0.258 e. The molecule has 0 aliphatic carbocycles. The lowest BCUT2D eigenvalue weighted by molar-refractivity contribution is 0.686. The molecule has 0 saturated carbocycles. The van der Waals surface area contributed by atoms with E-state index in [1.165, 1.54) is 0 Å². The van der Waals surface area contributed by atoms with Crippen molar-refractivity contribution in [2.45, 2.75) is 19.5 Å². The van der Waals surface area contributed by atoms with Crippen molar-refractivity contribution in [3.63, 3.8) is 0 Å². The number of aromatic amines is 1. The minimum atomic E-state index is -0.132. The van der Waals surface area contributed by atoms with Crippen molar-refractivity contribution in [1.29, 1.82) is 0 Å². The molecule has 2 aromatic carbocycles. The maximum Gasteiger partial charge on any atom is 0.258 e. The molecule has 2 heterocycles. The molecule has 6 nitrogen and oxygen atoms in total. The summed E-state index contributed by atoms with van der Waals surface area (Å²) in [7, 11) is 0. The SMILES string of the molecule is C[C@@H](Nc1cccc(Cn2cccn2)c1)c1nc2ccccc2c(=O)[nH]1. The molecule has 4 rings (SSSR count). The molecule has 26 heavy (non-hydrogen) atoms. The molecule has 0 amide bonds. The lowest BCUT2D eigenvalue weighted by Gasteiger charge is -2.16. The van der Waals surface area contributed by atoms with Gasteiger partial charge < -0.3 is 10.3 Å². The Hall–Kier alpha value is -3.41. The predicted molar refractivity (Wildman–Crippen MR) is 102 cm³/mol. The Labute approximate surface area is 150 Å². The van der Waals surface area contributed by atoms with Gasteiger partial charge in [0.05, 0.1) is 23.5 Å². The standard InChI is InChI=1S/C20H19N5O/c1-14(19-23-18-9-3-2-8-17(18)20(26)24-19)22-16-7-4-6-15(12-16)13-25-11-5-10-21-25/h2-12,14,22H,13H2,1H3,(H,23,24,26)/t14-/m1/s1. The van der Waals surface area contributed by atoms with Gasteiger partial charge in [-0.1, -0.05) is 24.3 Å². The molecule has 4 aromatic rings. The second-order valence-electron chi connectivity index (χ2n) is 6.24. The highest BCUT2D eigenvalue weighted by Crippen LogP contribution is 2.19. The van der Waals surface area contributed by atoms with Gasteiger partial charge in [-0.25, -0.2) is 4.98 Å². The van der Waals surface area contributed by atoms with Gasteiger partial charge >= 0.3 is 0 Å². The summed E-state index contributed by atoms with van der Waals surface area (Å²) in [6.45, 7) is 2.69. The maximum atomic E-state index is 12.3. The lowest BCUT2D eigenvalue weighted by Crippen LogP contribution is -2.17. The Kier molecular flexibility index (Phi) is 4.23. The zero-order valence-electron chi connectivity index (χ0n) is 14.4. The number of para-hydroxylation sites is 1. The van der Waals surface area contributed by atoms with E-state index in [1.807, 2.05) is 54.2 Å². The van der Waals surface area contributed by atoms with Gasteiger partial charge in [-0.2, -0.15) is 5.10 Å². The van der Waals surface area contributed by atoms with E-state index in [2.05, 4.69) is 32.5 Å². The molecule has 0 spiro atoms. The fourth-order valence-electron chi connectivity index (χ4n) is 2.97. The van der Waals surface area contributed by atoms with Crippen molar-refractivity contribution in [2.24, 2.45) is 0 Å². The second-order valence-corrected chi connectivity index (χ2v) is 6.24. The minimum absolute atomic E-state index is 0.119. The van der Waals surface area contributed by atoms with Crippen LogP contribution >= 0.6 is 0 Å². The molecule has 1 atom stereocenters. The first-order chi connectivity index (χ1) is 12.7. The van der Waals surface area contributed by atoms with E-state index < -0.39 is 0 Å². The number of anilines is 1. The molecular weight excluding hydrogens is 326 g/mol. The van der Waals surface area contributed by atoms with Crippen molar-refractivity contribution in [3.05, 3.63) is 88.7 Å². The maximum absolute atomic E-state index is 12.3. The Balaban J connectivity index is 1.56. The number of hydrogen-bond acceptors (Lipinski definition) is 4. The van der Waals surface area contributed by atoms with Crippen LogP contribution in [-0.2, 0) is 6.54 Å². The summed E-state index contributed by atoms with van der Waals surface area (Å²) in [5.41, 5.74) is 2.70. The van der Waals surface area contributed by atoms with Crippen LogP contribution in [0.3, 0.4) is 0 Å². The first kappa shape index (κ1) is 16.1. The van der Waals surface area contributed by atoms with Crippen molar-refractivity contribution in [2.75, 3.05) is 5.32 Å². The fourth-order valence-corrected chi connectivity index (χ4v) is 2.97. The van der Waals surface area contributed by atoms with Crippen LogP contribution in [-0.4, -0.2) is 19.7 Å². The summed E-state index contributed by atoms with van der Waals surface area (Å²) < 4.78 is 1.88. The van der Waals surface area contributed by atoms with Crippen molar-refractivity contribution in [1.82, 2.24) is 19.7 Å². The van der Waals surface area contributed by atoms with E-state index in [1.54, 1.807) is 12.3 Å². The third-order valence-electron chi connectivity index (χ3n) is 4.26. The Morgan fingerprint density at radius 1 is 1.15 bits per heavy atom. The molecule has 0 unspecified atom stereocenters. The summed E-state index contributed by atoms with van der Waals surface area (Å²) in [5.74, 6) is 0.617. The summed E-state index contributed by atoms with van der Waals surface area (Å²) >= 11 is 0. The molecule has 0 aliphatic heterocycles. The van der Waals surface area contributed by atoms with E-state index in [-0.39, 0.29) is 11.6 Å². The van der Waals surface area contributed by atoms with Crippen LogP contribution in [0.1, 0.15) is 24.4 Å². The third-order valence-corrected chi connectivity index (χ3v) is 4.26. The summed E-state index contributed by atoms with van der Waals surface area (Å²) in [5, 5.41) is 8.24. The Bertz CT molecular complexity index is 1080. The zero-order valence-corrected chi connectivity index (χ0v) is 14.4. The molecule has 0 saturated heterocycles. The molecule has 0 fully saturated rings. The van der Waals surface area contributed by atoms with E-state index in [9.17, 15) is 4.79 Å². The Morgan fingerprint density at radius 2 is 2.04 bits per heavy atom. The highest BCUT2D eigenvalue weighted by molar-refractivity contribution is 5.77. The number of nitrogens with one attached hydrogen (secondary N) is 2. The van der Waals surface area contributed by atoms with Crippen LogP contribution in [0.5, 0.6) is 0 Å². The van der Waals surface area contributed by atoms with Crippen LogP contribution in [0.25, 0.3) is 10.9 Å². The fraction of sp³-hybridized carbons (Fsp3) is 0.150. The van der Waals surface area contributed by atoms with Gasteiger partial charge in [0.15, 0.2) is 0 Å². The summed E-state index contributed by atoms with van der Waals surface area (Å²) in [6.07, 6.45) is 3.71. The number of rotatable bonds is 5. The molecular formula is C20H19N5O. The average Bonchev–Trinajstić information content (AvgIpc) is 3.15. The molecule has 130 valence electrons. The van der Waals surface area contributed by atoms with Gasteiger partial charge in [0, 0.05) is 18.1 Å². The van der Waals surface area contributed by atoms with Gasteiger partial charge in [0.25, 0.3) is 5.56 Å². The van der Waals surface area contributed by atoms with E-state index in [4.69, 9.17) is 0 Å². The topological polar surface area (TPSA) is 75.6 Å². The van der Waals surface area contributed by atoms with Crippen LogP contribution in [0.15, 0.2) is 71.8 Å². The van der Waals surface area contributed by atoms with Crippen LogP contribution < -0.4 is 10.9 Å². The van der Waals surface area contributed by atoms with Crippen molar-refractivity contribution in [3.8, 4) is 0 Å². The van der Waals surface area contributed by atoms with Gasteiger partial charge in [0.2, 0.25) is 0 Å². The van der Waals surface area contributed by atoms with Gasteiger partial charge in [0.1, 0.15) is 5.82 Å². The number of benzene rings is 2. The molecule has 0 radical (unpaired) electrons. The predicted octanol–water partition coefficient (Wildman–Crippen LogP) is 3.34. The van der Waals surface area contributed by atoms with E-state index >= 15 is 0 Å². The third kappa shape index (κ3) is 3.35. The van der Waals surface area contributed by atoms with Crippen LogP contribution in [0, 0.1) is 0 Å².